The molecule has 1 aliphatic rings. The van der Waals surface area contributed by atoms with Crippen molar-refractivity contribution in [1.29, 1.82) is 0 Å². The van der Waals surface area contributed by atoms with Crippen molar-refractivity contribution < 1.29 is 14.3 Å². The van der Waals surface area contributed by atoms with E-state index in [4.69, 9.17) is 4.74 Å². The highest BCUT2D eigenvalue weighted by Crippen LogP contribution is 2.29. The fourth-order valence-corrected chi connectivity index (χ4v) is 3.55. The van der Waals surface area contributed by atoms with Crippen LogP contribution in [0.5, 0.6) is 5.75 Å². The summed E-state index contributed by atoms with van der Waals surface area (Å²) >= 11 is 0. The quantitative estimate of drug-likeness (QED) is 0.697. The minimum atomic E-state index is -0.163. The first kappa shape index (κ1) is 20.3. The minimum Gasteiger partial charge on any atom is -0.493 e. The molecular formula is C21H32N2O3. The number of hydrogen-bond donors (Lipinski definition) is 2. The molecule has 0 radical (unpaired) electrons. The lowest BCUT2D eigenvalue weighted by Gasteiger charge is -2.34. The molecule has 1 saturated carbocycles. The number of carbonyl (C=O) groups is 2. The molecule has 26 heavy (non-hydrogen) atoms. The van der Waals surface area contributed by atoms with Crippen LogP contribution in [0.2, 0.25) is 0 Å². The third-order valence-electron chi connectivity index (χ3n) is 5.35. The normalized spacial score (nSPS) is 22.5. The Bertz CT molecular complexity index is 603. The van der Waals surface area contributed by atoms with Gasteiger partial charge in [0.15, 0.2) is 0 Å². The maximum absolute atomic E-state index is 12.3. The highest BCUT2D eigenvalue weighted by atomic mass is 16.5. The van der Waals surface area contributed by atoms with Crippen molar-refractivity contribution in [2.45, 2.75) is 58.9 Å². The molecule has 0 saturated heterocycles. The van der Waals surface area contributed by atoms with Crippen LogP contribution in [0.25, 0.3) is 0 Å². The van der Waals surface area contributed by atoms with Crippen LogP contribution in [0, 0.1) is 11.8 Å². The number of rotatable bonds is 8. The summed E-state index contributed by atoms with van der Waals surface area (Å²) in [4.78, 5) is 24.5. The Morgan fingerprint density at radius 3 is 2.73 bits per heavy atom. The van der Waals surface area contributed by atoms with Crippen LogP contribution in [0.4, 0.5) is 0 Å². The van der Waals surface area contributed by atoms with Gasteiger partial charge in [-0.05, 0) is 43.7 Å². The Balaban J connectivity index is 1.71. The lowest BCUT2D eigenvalue weighted by atomic mass is 9.78. The van der Waals surface area contributed by atoms with Crippen molar-refractivity contribution in [2.75, 3.05) is 13.2 Å². The van der Waals surface area contributed by atoms with E-state index in [-0.39, 0.29) is 11.8 Å². The molecule has 1 fully saturated rings. The summed E-state index contributed by atoms with van der Waals surface area (Å²) in [6.07, 6.45) is 4.58. The fourth-order valence-electron chi connectivity index (χ4n) is 3.55. The van der Waals surface area contributed by atoms with E-state index in [1.807, 2.05) is 19.1 Å². The van der Waals surface area contributed by atoms with Gasteiger partial charge in [0, 0.05) is 19.0 Å². The lowest BCUT2D eigenvalue weighted by Crippen LogP contribution is -2.43. The monoisotopic (exact) mass is 360 g/mol. The first-order valence-corrected chi connectivity index (χ1v) is 9.82. The Morgan fingerprint density at radius 1 is 1.19 bits per heavy atom. The van der Waals surface area contributed by atoms with Crippen molar-refractivity contribution in [3.05, 3.63) is 29.8 Å². The second kappa shape index (κ2) is 10.2. The minimum absolute atomic E-state index is 0.0833. The zero-order chi connectivity index (χ0) is 18.9. The van der Waals surface area contributed by atoms with Gasteiger partial charge in [-0.3, -0.25) is 9.59 Å². The molecule has 1 aromatic carbocycles. The van der Waals surface area contributed by atoms with E-state index in [0.717, 1.165) is 6.42 Å². The van der Waals surface area contributed by atoms with Gasteiger partial charge in [0.05, 0.1) is 12.2 Å². The average molecular weight is 360 g/mol. The summed E-state index contributed by atoms with van der Waals surface area (Å²) < 4.78 is 5.48. The van der Waals surface area contributed by atoms with Crippen LogP contribution >= 0.6 is 0 Å². The van der Waals surface area contributed by atoms with E-state index < -0.39 is 0 Å². The van der Waals surface area contributed by atoms with Gasteiger partial charge in [-0.15, -0.1) is 0 Å². The van der Waals surface area contributed by atoms with Crippen molar-refractivity contribution >= 4 is 11.8 Å². The molecule has 144 valence electrons. The van der Waals surface area contributed by atoms with Crippen molar-refractivity contribution in [3.63, 3.8) is 0 Å². The summed E-state index contributed by atoms with van der Waals surface area (Å²) in [6.45, 7) is 7.37. The average Bonchev–Trinajstić information content (AvgIpc) is 2.63. The molecule has 3 unspecified atom stereocenters. The largest absolute Gasteiger partial charge is 0.493 e. The van der Waals surface area contributed by atoms with Crippen LogP contribution in [-0.4, -0.2) is 31.0 Å². The van der Waals surface area contributed by atoms with Gasteiger partial charge in [-0.2, -0.15) is 0 Å². The summed E-state index contributed by atoms with van der Waals surface area (Å²) in [5.74, 6) is 1.70. The molecule has 0 aromatic heterocycles. The number of hydrogen-bond acceptors (Lipinski definition) is 3. The number of para-hydroxylation sites is 1. The van der Waals surface area contributed by atoms with Crippen molar-refractivity contribution in [2.24, 2.45) is 11.8 Å². The molecule has 2 amide bonds. The topological polar surface area (TPSA) is 67.4 Å². The van der Waals surface area contributed by atoms with Crippen molar-refractivity contribution in [1.82, 2.24) is 10.6 Å². The smallest absolute Gasteiger partial charge is 0.255 e. The van der Waals surface area contributed by atoms with Crippen LogP contribution in [-0.2, 0) is 4.79 Å². The predicted octanol–water partition coefficient (Wildman–Crippen LogP) is 3.54. The van der Waals surface area contributed by atoms with Gasteiger partial charge >= 0.3 is 0 Å². The van der Waals surface area contributed by atoms with Crippen molar-refractivity contribution in [3.8, 4) is 5.75 Å². The molecule has 5 heteroatoms. The highest BCUT2D eigenvalue weighted by molar-refractivity contribution is 5.96. The van der Waals surface area contributed by atoms with Gasteiger partial charge < -0.3 is 15.4 Å². The summed E-state index contributed by atoms with van der Waals surface area (Å²) in [7, 11) is 0. The molecular weight excluding hydrogens is 328 g/mol. The Morgan fingerprint density at radius 2 is 1.96 bits per heavy atom. The molecule has 3 atom stereocenters. The summed E-state index contributed by atoms with van der Waals surface area (Å²) in [6, 6.07) is 7.49. The number of benzene rings is 1. The van der Waals surface area contributed by atoms with Crippen LogP contribution in [0.3, 0.4) is 0 Å². The van der Waals surface area contributed by atoms with Gasteiger partial charge in [-0.1, -0.05) is 38.8 Å². The lowest BCUT2D eigenvalue weighted by molar-refractivity contribution is -0.122. The van der Waals surface area contributed by atoms with Crippen LogP contribution in [0.15, 0.2) is 24.3 Å². The van der Waals surface area contributed by atoms with E-state index >= 15 is 0 Å². The first-order valence-electron chi connectivity index (χ1n) is 9.82. The SMILES string of the molecule is CCOc1ccccc1C(=O)NCCCC(=O)NC1CCCC(C)C1C. The zero-order valence-corrected chi connectivity index (χ0v) is 16.2. The summed E-state index contributed by atoms with van der Waals surface area (Å²) in [5, 5.41) is 6.05. The Hall–Kier alpha value is -2.04. The maximum Gasteiger partial charge on any atom is 0.255 e. The molecule has 1 aromatic rings. The fraction of sp³-hybridized carbons (Fsp3) is 0.619. The maximum atomic E-state index is 12.3. The van der Waals surface area contributed by atoms with E-state index in [1.165, 1.54) is 12.8 Å². The van der Waals surface area contributed by atoms with Crippen LogP contribution in [0.1, 0.15) is 63.2 Å². The Labute approximate surface area is 156 Å². The molecule has 5 nitrogen and oxygen atoms in total. The third-order valence-corrected chi connectivity index (χ3v) is 5.35. The van der Waals surface area contributed by atoms with E-state index in [0.29, 0.717) is 55.2 Å². The number of ether oxygens (including phenoxy) is 1. The number of carbonyl (C=O) groups excluding carboxylic acids is 2. The number of amides is 2. The van der Waals surface area contributed by atoms with E-state index in [1.54, 1.807) is 12.1 Å². The highest BCUT2D eigenvalue weighted by Gasteiger charge is 2.27. The molecule has 1 aliphatic carbocycles. The zero-order valence-electron chi connectivity index (χ0n) is 16.2. The predicted molar refractivity (Wildman–Crippen MR) is 103 cm³/mol. The Kier molecular flexibility index (Phi) is 7.95. The molecule has 0 aliphatic heterocycles. The molecule has 2 rings (SSSR count). The standard InChI is InChI=1S/C21H32N2O3/c1-4-26-19-12-6-5-10-17(19)21(25)22-14-8-13-20(24)23-18-11-7-9-15(2)16(18)3/h5-6,10,12,15-16,18H,4,7-9,11,13-14H2,1-3H3,(H,22,25)(H,23,24). The van der Waals surface area contributed by atoms with Gasteiger partial charge in [-0.25, -0.2) is 0 Å². The second-order valence-corrected chi connectivity index (χ2v) is 7.23. The van der Waals surface area contributed by atoms with E-state index in [9.17, 15) is 9.59 Å². The van der Waals surface area contributed by atoms with Gasteiger partial charge in [0.1, 0.15) is 5.75 Å². The molecule has 0 spiro atoms. The first-order chi connectivity index (χ1) is 12.5. The van der Waals surface area contributed by atoms with Gasteiger partial charge in [0.25, 0.3) is 5.91 Å². The molecule has 0 bridgehead atoms. The number of nitrogens with one attached hydrogen (secondary N) is 2. The summed E-state index contributed by atoms with van der Waals surface area (Å²) in [5.41, 5.74) is 0.531. The third kappa shape index (κ3) is 5.75. The van der Waals surface area contributed by atoms with Crippen LogP contribution < -0.4 is 15.4 Å². The second-order valence-electron chi connectivity index (χ2n) is 7.23. The molecule has 0 heterocycles. The van der Waals surface area contributed by atoms with Gasteiger partial charge in [0.2, 0.25) is 5.91 Å². The molecule has 2 N–H and O–H groups in total. The van der Waals surface area contributed by atoms with E-state index in [2.05, 4.69) is 24.5 Å².